The fourth-order valence-corrected chi connectivity index (χ4v) is 4.29. The van der Waals surface area contributed by atoms with Crippen LogP contribution in [-0.4, -0.2) is 47.8 Å². The summed E-state index contributed by atoms with van der Waals surface area (Å²) in [5.74, 6) is 1.11. The Labute approximate surface area is 181 Å². The van der Waals surface area contributed by atoms with E-state index in [9.17, 15) is 0 Å². The van der Waals surface area contributed by atoms with Crippen LogP contribution in [0.3, 0.4) is 0 Å². The van der Waals surface area contributed by atoms with E-state index in [-0.39, 0.29) is 0 Å². The van der Waals surface area contributed by atoms with E-state index in [1.165, 1.54) is 0 Å². The highest BCUT2D eigenvalue weighted by molar-refractivity contribution is 6.30. The summed E-state index contributed by atoms with van der Waals surface area (Å²) in [6, 6.07) is 20.5. The number of quaternary nitrogens is 1. The van der Waals surface area contributed by atoms with Gasteiger partial charge in [-0.05, 0) is 24.6 Å². The summed E-state index contributed by atoms with van der Waals surface area (Å²) in [5.41, 5.74) is 6.08. The van der Waals surface area contributed by atoms with Crippen LogP contribution in [0.1, 0.15) is 5.69 Å². The van der Waals surface area contributed by atoms with Crippen LogP contribution in [0.15, 0.2) is 60.7 Å². The summed E-state index contributed by atoms with van der Waals surface area (Å²) in [4.78, 5) is 9.08. The molecule has 0 unspecified atom stereocenters. The predicted octanol–water partition coefficient (Wildman–Crippen LogP) is 3.36. The van der Waals surface area contributed by atoms with Crippen LogP contribution in [0, 0.1) is 6.92 Å². The molecule has 0 atom stereocenters. The first-order valence-electron chi connectivity index (χ1n) is 10.4. The first-order chi connectivity index (χ1) is 14.6. The van der Waals surface area contributed by atoms with E-state index in [0.717, 1.165) is 70.7 Å². The maximum Gasteiger partial charge on any atom is 0.166 e. The van der Waals surface area contributed by atoms with Crippen molar-refractivity contribution in [2.45, 2.75) is 6.92 Å². The van der Waals surface area contributed by atoms with E-state index in [2.05, 4.69) is 49.2 Å². The summed E-state index contributed by atoms with van der Waals surface area (Å²) >= 11 is 6.13. The molecule has 2 aromatic carbocycles. The van der Waals surface area contributed by atoms with Crippen LogP contribution in [0.2, 0.25) is 5.02 Å². The molecule has 5 rings (SSSR count). The molecule has 1 aliphatic heterocycles. The number of nitrogens with zero attached hydrogens (tertiary/aromatic N) is 4. The highest BCUT2D eigenvalue weighted by Gasteiger charge is 2.23. The lowest BCUT2D eigenvalue weighted by atomic mass is 10.1. The van der Waals surface area contributed by atoms with E-state index in [4.69, 9.17) is 21.7 Å². The number of hydrogen-bond donors (Lipinski definition) is 1. The van der Waals surface area contributed by atoms with Gasteiger partial charge < -0.3 is 9.80 Å². The molecule has 0 aliphatic carbocycles. The number of fused-ring (bicyclic) bond motifs is 1. The standard InChI is InChI=1S/C24H24ClN5/c1-17-23(19-8-10-20(25)11-9-19)24-26-21(18-6-4-3-5-7-18)16-22(30(24)27-17)29-14-12-28(2)13-15-29/h3-11,16H,12-15H2,1-2H3/p+1. The summed E-state index contributed by atoms with van der Waals surface area (Å²) < 4.78 is 2.02. The highest BCUT2D eigenvalue weighted by Crippen LogP contribution is 2.33. The van der Waals surface area contributed by atoms with E-state index >= 15 is 0 Å². The quantitative estimate of drug-likeness (QED) is 0.554. The van der Waals surface area contributed by atoms with Crippen molar-refractivity contribution in [3.8, 4) is 22.4 Å². The zero-order valence-electron chi connectivity index (χ0n) is 17.3. The molecule has 0 bridgehead atoms. The smallest absolute Gasteiger partial charge is 0.166 e. The van der Waals surface area contributed by atoms with Crippen LogP contribution < -0.4 is 9.80 Å². The number of benzene rings is 2. The lowest BCUT2D eigenvalue weighted by Crippen LogP contribution is -3.12. The van der Waals surface area contributed by atoms with E-state index in [1.54, 1.807) is 4.90 Å². The molecule has 0 amide bonds. The lowest BCUT2D eigenvalue weighted by Gasteiger charge is -2.31. The number of likely N-dealkylation sites (N-methyl/N-ethyl adjacent to an activating group) is 1. The van der Waals surface area contributed by atoms with Crippen LogP contribution in [-0.2, 0) is 0 Å². The van der Waals surface area contributed by atoms with Gasteiger partial charge in [0.1, 0.15) is 5.82 Å². The Kier molecular flexibility index (Phi) is 4.93. The number of halogens is 1. The van der Waals surface area contributed by atoms with E-state index in [0.29, 0.717) is 0 Å². The molecule has 6 heteroatoms. The van der Waals surface area contributed by atoms with E-state index < -0.39 is 0 Å². The first-order valence-corrected chi connectivity index (χ1v) is 10.8. The maximum atomic E-state index is 6.13. The van der Waals surface area contributed by atoms with Gasteiger partial charge >= 0.3 is 0 Å². The van der Waals surface area contributed by atoms with Crippen molar-refractivity contribution < 1.29 is 4.90 Å². The third-order valence-corrected chi connectivity index (χ3v) is 6.14. The Morgan fingerprint density at radius 3 is 2.33 bits per heavy atom. The fourth-order valence-electron chi connectivity index (χ4n) is 4.16. The number of anilines is 1. The number of aromatic nitrogens is 3. The average molecular weight is 419 g/mol. The second-order valence-corrected chi connectivity index (χ2v) is 8.45. The van der Waals surface area contributed by atoms with Gasteiger partial charge in [-0.25, -0.2) is 4.98 Å². The Balaban J connectivity index is 1.74. The molecule has 5 nitrogen and oxygen atoms in total. The lowest BCUT2D eigenvalue weighted by molar-refractivity contribution is -0.880. The van der Waals surface area contributed by atoms with Gasteiger partial charge in [0.05, 0.1) is 44.6 Å². The number of rotatable bonds is 3. The number of piperazine rings is 1. The summed E-state index contributed by atoms with van der Waals surface area (Å²) in [6.45, 7) is 6.31. The Morgan fingerprint density at radius 2 is 1.63 bits per heavy atom. The van der Waals surface area contributed by atoms with Gasteiger partial charge in [0, 0.05) is 22.2 Å². The summed E-state index contributed by atoms with van der Waals surface area (Å²) in [6.07, 6.45) is 0. The zero-order chi connectivity index (χ0) is 20.7. The molecule has 30 heavy (non-hydrogen) atoms. The van der Waals surface area contributed by atoms with Gasteiger partial charge in [-0.1, -0.05) is 54.1 Å². The molecule has 152 valence electrons. The minimum Gasteiger partial charge on any atom is -0.345 e. The van der Waals surface area contributed by atoms with Crippen LogP contribution in [0.5, 0.6) is 0 Å². The van der Waals surface area contributed by atoms with Crippen molar-refractivity contribution in [2.24, 2.45) is 0 Å². The van der Waals surface area contributed by atoms with Gasteiger partial charge in [0.2, 0.25) is 0 Å². The third kappa shape index (κ3) is 3.44. The van der Waals surface area contributed by atoms with Crippen LogP contribution >= 0.6 is 11.6 Å². The van der Waals surface area contributed by atoms with Crippen molar-refractivity contribution in [2.75, 3.05) is 38.1 Å². The number of nitrogens with one attached hydrogen (secondary N) is 1. The Bertz CT molecular complexity index is 1180. The highest BCUT2D eigenvalue weighted by atomic mass is 35.5. The zero-order valence-corrected chi connectivity index (χ0v) is 18.0. The molecule has 3 heterocycles. The van der Waals surface area contributed by atoms with Gasteiger partial charge in [-0.3, -0.25) is 0 Å². The predicted molar refractivity (Wildman–Crippen MR) is 122 cm³/mol. The van der Waals surface area contributed by atoms with Crippen molar-refractivity contribution in [3.63, 3.8) is 0 Å². The van der Waals surface area contributed by atoms with Crippen LogP contribution in [0.25, 0.3) is 28.0 Å². The first kappa shape index (κ1) is 19.1. The van der Waals surface area contributed by atoms with Gasteiger partial charge in [-0.15, -0.1) is 0 Å². The third-order valence-electron chi connectivity index (χ3n) is 5.89. The topological polar surface area (TPSA) is 37.9 Å². The minimum atomic E-state index is 0.728. The van der Waals surface area contributed by atoms with Gasteiger partial charge in [0.15, 0.2) is 5.65 Å². The number of hydrogen-bond acceptors (Lipinski definition) is 3. The summed E-state index contributed by atoms with van der Waals surface area (Å²) in [5, 5.41) is 5.64. The van der Waals surface area contributed by atoms with Crippen LogP contribution in [0.4, 0.5) is 5.82 Å². The molecule has 0 radical (unpaired) electrons. The SMILES string of the molecule is Cc1nn2c(N3CC[NH+](C)CC3)cc(-c3ccccc3)nc2c1-c1ccc(Cl)cc1. The summed E-state index contributed by atoms with van der Waals surface area (Å²) in [7, 11) is 2.26. The molecule has 2 aromatic heterocycles. The minimum absolute atomic E-state index is 0.728. The second kappa shape index (κ2) is 7.74. The molecule has 1 fully saturated rings. The normalized spacial score (nSPS) is 15.1. The largest absolute Gasteiger partial charge is 0.345 e. The van der Waals surface area contributed by atoms with Crippen molar-refractivity contribution in [1.29, 1.82) is 0 Å². The molecule has 4 aromatic rings. The fraction of sp³-hybridized carbons (Fsp3) is 0.250. The number of aryl methyl sites for hydroxylation is 1. The van der Waals surface area contributed by atoms with Gasteiger partial charge in [-0.2, -0.15) is 9.61 Å². The molecular weight excluding hydrogens is 394 g/mol. The molecule has 1 N–H and O–H groups in total. The molecule has 1 aliphatic rings. The maximum absolute atomic E-state index is 6.13. The Morgan fingerprint density at radius 1 is 0.933 bits per heavy atom. The molecule has 1 saturated heterocycles. The Hall–Kier alpha value is -2.89. The van der Waals surface area contributed by atoms with Crippen molar-refractivity contribution >= 4 is 23.1 Å². The average Bonchev–Trinajstić information content (AvgIpc) is 3.11. The molecular formula is C24H25ClN5+. The van der Waals surface area contributed by atoms with Gasteiger partial charge in [0.25, 0.3) is 0 Å². The van der Waals surface area contributed by atoms with Crippen molar-refractivity contribution in [1.82, 2.24) is 14.6 Å². The van der Waals surface area contributed by atoms with E-state index in [1.807, 2.05) is 34.8 Å². The molecule has 0 spiro atoms. The monoisotopic (exact) mass is 418 g/mol. The second-order valence-electron chi connectivity index (χ2n) is 8.01. The molecule has 0 saturated carbocycles. The van der Waals surface area contributed by atoms with Crippen molar-refractivity contribution in [3.05, 3.63) is 71.4 Å².